The second-order valence-corrected chi connectivity index (χ2v) is 3.84. The van der Waals surface area contributed by atoms with Crippen LogP contribution in [0.1, 0.15) is 0 Å². The average molecular weight is 268 g/mol. The number of ether oxygens (including phenoxy) is 2. The van der Waals surface area contributed by atoms with Gasteiger partial charge in [0, 0.05) is 0 Å². The SMILES string of the molecule is O=C(O)[C@H](CO)O[C@H]1OC(CO)[C@@H](O)C(O)[C@@H]1O. The van der Waals surface area contributed by atoms with E-state index >= 15 is 0 Å². The number of rotatable bonds is 5. The van der Waals surface area contributed by atoms with E-state index in [0.29, 0.717) is 0 Å². The predicted molar refractivity (Wildman–Crippen MR) is 53.4 cm³/mol. The average Bonchev–Trinajstić information content (AvgIpc) is 2.35. The van der Waals surface area contributed by atoms with Crippen molar-refractivity contribution in [2.24, 2.45) is 0 Å². The van der Waals surface area contributed by atoms with Gasteiger partial charge in [0.25, 0.3) is 0 Å². The standard InChI is InChI=1S/C9H16O9/c10-1-3-5(12)6(13)7(14)9(17-3)18-4(2-11)8(15)16/h3-7,9-14H,1-2H2,(H,15,16)/t3?,4-,5+,6?,7-,9+/m0/s1. The summed E-state index contributed by atoms with van der Waals surface area (Å²) < 4.78 is 9.67. The summed E-state index contributed by atoms with van der Waals surface area (Å²) in [5.41, 5.74) is 0. The van der Waals surface area contributed by atoms with Crippen LogP contribution in [-0.4, -0.2) is 86.6 Å². The highest BCUT2D eigenvalue weighted by Gasteiger charge is 2.45. The molecule has 6 N–H and O–H groups in total. The largest absolute Gasteiger partial charge is 0.479 e. The second-order valence-electron chi connectivity index (χ2n) is 3.84. The maximum Gasteiger partial charge on any atom is 0.335 e. The number of carboxylic acid groups (broad SMARTS) is 1. The van der Waals surface area contributed by atoms with Crippen LogP contribution in [0.15, 0.2) is 0 Å². The number of hydrogen-bond donors (Lipinski definition) is 6. The number of hydrogen-bond acceptors (Lipinski definition) is 8. The minimum atomic E-state index is -1.70. The summed E-state index contributed by atoms with van der Waals surface area (Å²) in [5.74, 6) is -1.48. The summed E-state index contributed by atoms with van der Waals surface area (Å²) in [4.78, 5) is 10.6. The maximum absolute atomic E-state index is 10.6. The first-order chi connectivity index (χ1) is 8.42. The Morgan fingerprint density at radius 3 is 2.22 bits per heavy atom. The van der Waals surface area contributed by atoms with Gasteiger partial charge in [-0.1, -0.05) is 0 Å². The van der Waals surface area contributed by atoms with E-state index in [1.807, 2.05) is 0 Å². The van der Waals surface area contributed by atoms with Crippen molar-refractivity contribution in [3.05, 3.63) is 0 Å². The van der Waals surface area contributed by atoms with E-state index in [1.165, 1.54) is 0 Å². The van der Waals surface area contributed by atoms with Crippen LogP contribution in [0.2, 0.25) is 0 Å². The molecule has 0 saturated carbocycles. The summed E-state index contributed by atoms with van der Waals surface area (Å²) in [6.07, 6.45) is -9.32. The lowest BCUT2D eigenvalue weighted by molar-refractivity contribution is -0.311. The van der Waals surface area contributed by atoms with Crippen LogP contribution in [0.25, 0.3) is 0 Å². The first-order valence-electron chi connectivity index (χ1n) is 5.22. The van der Waals surface area contributed by atoms with E-state index in [0.717, 1.165) is 0 Å². The second kappa shape index (κ2) is 6.38. The monoisotopic (exact) mass is 268 g/mol. The molecule has 9 nitrogen and oxygen atoms in total. The Balaban J connectivity index is 2.72. The van der Waals surface area contributed by atoms with Gasteiger partial charge in [-0.3, -0.25) is 0 Å². The lowest BCUT2D eigenvalue weighted by atomic mass is 9.99. The van der Waals surface area contributed by atoms with E-state index in [9.17, 15) is 20.1 Å². The summed E-state index contributed by atoms with van der Waals surface area (Å²) in [7, 11) is 0. The van der Waals surface area contributed by atoms with Gasteiger partial charge in [0.15, 0.2) is 12.4 Å². The fourth-order valence-electron chi connectivity index (χ4n) is 1.52. The zero-order valence-corrected chi connectivity index (χ0v) is 9.29. The van der Waals surface area contributed by atoms with Crippen molar-refractivity contribution < 1.29 is 44.9 Å². The molecule has 0 spiro atoms. The molecule has 9 heteroatoms. The number of aliphatic carboxylic acids is 1. The van der Waals surface area contributed by atoms with Crippen molar-refractivity contribution in [3.8, 4) is 0 Å². The molecule has 0 aromatic heterocycles. The Hall–Kier alpha value is -0.810. The lowest BCUT2D eigenvalue weighted by Crippen LogP contribution is -2.60. The highest BCUT2D eigenvalue weighted by molar-refractivity contribution is 5.72. The van der Waals surface area contributed by atoms with Gasteiger partial charge < -0.3 is 40.1 Å². The van der Waals surface area contributed by atoms with Crippen molar-refractivity contribution >= 4 is 5.97 Å². The van der Waals surface area contributed by atoms with Gasteiger partial charge in [-0.25, -0.2) is 4.79 Å². The number of aliphatic hydroxyl groups excluding tert-OH is 5. The Kier molecular flexibility index (Phi) is 5.41. The van der Waals surface area contributed by atoms with Crippen molar-refractivity contribution in [1.29, 1.82) is 0 Å². The zero-order chi connectivity index (χ0) is 13.9. The van der Waals surface area contributed by atoms with Crippen LogP contribution in [-0.2, 0) is 14.3 Å². The summed E-state index contributed by atoms with van der Waals surface area (Å²) in [6, 6.07) is 0. The van der Waals surface area contributed by atoms with Crippen LogP contribution in [0.4, 0.5) is 0 Å². The first-order valence-corrected chi connectivity index (χ1v) is 5.22. The van der Waals surface area contributed by atoms with E-state index in [1.54, 1.807) is 0 Å². The van der Waals surface area contributed by atoms with Crippen molar-refractivity contribution in [2.45, 2.75) is 36.8 Å². The molecule has 1 saturated heterocycles. The molecule has 0 aromatic carbocycles. The van der Waals surface area contributed by atoms with Crippen LogP contribution >= 0.6 is 0 Å². The number of carboxylic acids is 1. The van der Waals surface area contributed by atoms with Gasteiger partial charge in [0.1, 0.15) is 24.4 Å². The minimum Gasteiger partial charge on any atom is -0.479 e. The molecule has 6 atom stereocenters. The molecule has 2 unspecified atom stereocenters. The third-order valence-electron chi connectivity index (χ3n) is 2.59. The molecular formula is C9H16O9. The lowest BCUT2D eigenvalue weighted by Gasteiger charge is -2.40. The summed E-state index contributed by atoms with van der Waals surface area (Å²) in [5, 5.41) is 54.7. The molecule has 1 aliphatic rings. The third-order valence-corrected chi connectivity index (χ3v) is 2.59. The normalized spacial score (nSPS) is 38.4. The molecule has 0 bridgehead atoms. The zero-order valence-electron chi connectivity index (χ0n) is 9.29. The molecule has 0 aliphatic carbocycles. The molecule has 1 aliphatic heterocycles. The van der Waals surface area contributed by atoms with E-state index < -0.39 is 56.0 Å². The first kappa shape index (κ1) is 15.2. The van der Waals surface area contributed by atoms with Crippen LogP contribution in [0, 0.1) is 0 Å². The Morgan fingerprint density at radius 2 is 1.78 bits per heavy atom. The topological polar surface area (TPSA) is 157 Å². The predicted octanol–water partition coefficient (Wildman–Crippen LogP) is -3.75. The molecule has 1 heterocycles. The molecule has 0 amide bonds. The van der Waals surface area contributed by atoms with Crippen molar-refractivity contribution in [1.82, 2.24) is 0 Å². The van der Waals surface area contributed by atoms with Crippen LogP contribution < -0.4 is 0 Å². The molecule has 0 radical (unpaired) electrons. The number of carbonyl (C=O) groups is 1. The van der Waals surface area contributed by atoms with E-state index in [-0.39, 0.29) is 0 Å². The van der Waals surface area contributed by atoms with Gasteiger partial charge in [-0.2, -0.15) is 0 Å². The summed E-state index contributed by atoms with van der Waals surface area (Å²) >= 11 is 0. The van der Waals surface area contributed by atoms with Crippen LogP contribution in [0.5, 0.6) is 0 Å². The Bertz CT molecular complexity index is 281. The molecule has 1 fully saturated rings. The molecule has 18 heavy (non-hydrogen) atoms. The van der Waals surface area contributed by atoms with Gasteiger partial charge in [0.2, 0.25) is 0 Å². The van der Waals surface area contributed by atoms with Gasteiger partial charge >= 0.3 is 5.97 Å². The maximum atomic E-state index is 10.6. The van der Waals surface area contributed by atoms with Gasteiger partial charge in [-0.05, 0) is 0 Å². The molecule has 1 rings (SSSR count). The Labute approximate surface area is 102 Å². The summed E-state index contributed by atoms with van der Waals surface area (Å²) in [6.45, 7) is -1.51. The fraction of sp³-hybridized carbons (Fsp3) is 0.889. The molecule has 106 valence electrons. The minimum absolute atomic E-state index is 0.651. The quantitative estimate of drug-likeness (QED) is 0.294. The van der Waals surface area contributed by atoms with E-state index in [4.69, 9.17) is 24.8 Å². The third kappa shape index (κ3) is 3.14. The molecular weight excluding hydrogens is 252 g/mol. The van der Waals surface area contributed by atoms with E-state index in [2.05, 4.69) is 0 Å². The van der Waals surface area contributed by atoms with Gasteiger partial charge in [-0.15, -0.1) is 0 Å². The highest BCUT2D eigenvalue weighted by Crippen LogP contribution is 2.22. The van der Waals surface area contributed by atoms with Gasteiger partial charge in [0.05, 0.1) is 13.2 Å². The fourth-order valence-corrected chi connectivity index (χ4v) is 1.52. The smallest absolute Gasteiger partial charge is 0.335 e. The molecule has 0 aromatic rings. The van der Waals surface area contributed by atoms with Crippen molar-refractivity contribution in [2.75, 3.05) is 13.2 Å². The highest BCUT2D eigenvalue weighted by atomic mass is 16.7. The van der Waals surface area contributed by atoms with Crippen molar-refractivity contribution in [3.63, 3.8) is 0 Å². The Morgan fingerprint density at radius 1 is 1.17 bits per heavy atom. The van der Waals surface area contributed by atoms with Crippen LogP contribution in [0.3, 0.4) is 0 Å². The number of aliphatic hydroxyl groups is 5.